The van der Waals surface area contributed by atoms with Crippen molar-refractivity contribution in [2.24, 2.45) is 0 Å². The third kappa shape index (κ3) is 2.99. The van der Waals surface area contributed by atoms with E-state index < -0.39 is 34.0 Å². The molecule has 1 aliphatic heterocycles. The van der Waals surface area contributed by atoms with Gasteiger partial charge in [0.05, 0.1) is 17.6 Å². The molecule has 1 aliphatic rings. The summed E-state index contributed by atoms with van der Waals surface area (Å²) in [7, 11) is 0. The van der Waals surface area contributed by atoms with Gasteiger partial charge in [-0.25, -0.2) is 13.6 Å². The highest BCUT2D eigenvalue weighted by molar-refractivity contribution is 5.92. The maximum absolute atomic E-state index is 13.5. The molecule has 0 saturated carbocycles. The van der Waals surface area contributed by atoms with Crippen molar-refractivity contribution < 1.29 is 23.2 Å². The molecule has 1 saturated heterocycles. The summed E-state index contributed by atoms with van der Waals surface area (Å²) in [6.45, 7) is 0.792. The number of rotatable bonds is 3. The Hall–Kier alpha value is -2.29. The number of ether oxygens (including phenoxy) is 1. The molecule has 1 unspecified atom stereocenters. The minimum absolute atomic E-state index is 0.259. The van der Waals surface area contributed by atoms with E-state index in [9.17, 15) is 23.7 Å². The summed E-state index contributed by atoms with van der Waals surface area (Å²) in [5.41, 5.74) is -1.52. The Morgan fingerprint density at radius 1 is 1.45 bits per heavy atom. The van der Waals surface area contributed by atoms with Crippen molar-refractivity contribution in [3.8, 4) is 0 Å². The molecule has 2 N–H and O–H groups in total. The number of anilines is 1. The van der Waals surface area contributed by atoms with E-state index >= 15 is 0 Å². The average Bonchev–Trinajstić information content (AvgIpc) is 2.87. The Bertz CT molecular complexity index is 547. The van der Waals surface area contributed by atoms with Crippen molar-refractivity contribution in [2.75, 3.05) is 18.5 Å². The largest absolute Gasteiger partial charge is 0.379 e. The minimum atomic E-state index is -1.47. The molecule has 1 heterocycles. The van der Waals surface area contributed by atoms with Gasteiger partial charge in [-0.05, 0) is 12.5 Å². The van der Waals surface area contributed by atoms with E-state index in [0.29, 0.717) is 25.7 Å². The van der Waals surface area contributed by atoms with Crippen LogP contribution in [0.4, 0.5) is 25.0 Å². The van der Waals surface area contributed by atoms with Gasteiger partial charge in [0.2, 0.25) is 0 Å². The number of nitrogens with one attached hydrogen (secondary N) is 2. The summed E-state index contributed by atoms with van der Waals surface area (Å²) in [6, 6.07) is 0.299. The fourth-order valence-corrected chi connectivity index (χ4v) is 1.79. The first kappa shape index (κ1) is 14.1. The second kappa shape index (κ2) is 5.78. The summed E-state index contributed by atoms with van der Waals surface area (Å²) in [6.07, 6.45) is 0.584. The smallest absolute Gasteiger partial charge is 0.319 e. The molecule has 1 aromatic carbocycles. The van der Waals surface area contributed by atoms with E-state index in [4.69, 9.17) is 4.74 Å². The van der Waals surface area contributed by atoms with Gasteiger partial charge in [0.1, 0.15) is 0 Å². The van der Waals surface area contributed by atoms with Gasteiger partial charge in [-0.1, -0.05) is 0 Å². The first-order chi connectivity index (χ1) is 9.49. The summed E-state index contributed by atoms with van der Waals surface area (Å²) >= 11 is 0. The number of nitro groups is 1. The predicted octanol–water partition coefficient (Wildman–Crippen LogP) is 1.78. The van der Waals surface area contributed by atoms with Gasteiger partial charge in [0.25, 0.3) is 5.69 Å². The molecule has 1 aromatic rings. The lowest BCUT2D eigenvalue weighted by molar-refractivity contribution is -0.384. The molecule has 0 aromatic heterocycles. The number of nitrogens with zero attached hydrogens (tertiary/aromatic N) is 1. The molecule has 0 radical (unpaired) electrons. The topological polar surface area (TPSA) is 93.5 Å². The molecule has 1 atom stereocenters. The van der Waals surface area contributed by atoms with Gasteiger partial charge in [-0.3, -0.25) is 15.4 Å². The fourth-order valence-electron chi connectivity index (χ4n) is 1.79. The number of benzene rings is 1. The second-order valence-electron chi connectivity index (χ2n) is 4.17. The van der Waals surface area contributed by atoms with Gasteiger partial charge < -0.3 is 10.1 Å². The number of urea groups is 1. The van der Waals surface area contributed by atoms with Gasteiger partial charge in [0.15, 0.2) is 17.3 Å². The number of halogens is 2. The Kier molecular flexibility index (Phi) is 4.08. The minimum Gasteiger partial charge on any atom is -0.379 e. The third-order valence-electron chi connectivity index (χ3n) is 2.77. The van der Waals surface area contributed by atoms with E-state index in [0.717, 1.165) is 6.07 Å². The second-order valence-corrected chi connectivity index (χ2v) is 4.17. The van der Waals surface area contributed by atoms with Crippen LogP contribution in [0, 0.1) is 21.7 Å². The lowest BCUT2D eigenvalue weighted by Crippen LogP contribution is -2.38. The van der Waals surface area contributed by atoms with Crippen molar-refractivity contribution in [1.29, 1.82) is 0 Å². The number of carbonyl (C=O) groups excluding carboxylic acids is 1. The molecule has 9 heteroatoms. The van der Waals surface area contributed by atoms with Crippen LogP contribution < -0.4 is 10.6 Å². The number of nitro benzene ring substituents is 1. The molecule has 0 bridgehead atoms. The van der Waals surface area contributed by atoms with Crippen molar-refractivity contribution in [3.05, 3.63) is 33.9 Å². The molecule has 7 nitrogen and oxygen atoms in total. The molecular formula is C11H11F2N3O4. The highest BCUT2D eigenvalue weighted by Crippen LogP contribution is 2.28. The summed E-state index contributed by atoms with van der Waals surface area (Å²) in [5, 5.41) is 15.2. The Morgan fingerprint density at radius 2 is 2.20 bits per heavy atom. The molecule has 2 rings (SSSR count). The molecule has 0 aliphatic carbocycles. The molecular weight excluding hydrogens is 276 g/mol. The summed E-state index contributed by atoms with van der Waals surface area (Å²) < 4.78 is 31.7. The van der Waals surface area contributed by atoms with Crippen LogP contribution >= 0.6 is 0 Å². The SMILES string of the molecule is O=C(Nc1c([N+](=O)[O-])ccc(F)c1F)NC1CCOC1. The number of hydrogen-bond acceptors (Lipinski definition) is 4. The maximum Gasteiger partial charge on any atom is 0.319 e. The normalized spacial score (nSPS) is 17.8. The average molecular weight is 287 g/mol. The third-order valence-corrected chi connectivity index (χ3v) is 2.77. The van der Waals surface area contributed by atoms with Crippen molar-refractivity contribution >= 4 is 17.4 Å². The van der Waals surface area contributed by atoms with E-state index in [1.54, 1.807) is 0 Å². The van der Waals surface area contributed by atoms with Crippen LogP contribution in [-0.4, -0.2) is 30.2 Å². The maximum atomic E-state index is 13.5. The lowest BCUT2D eigenvalue weighted by atomic mass is 10.2. The van der Waals surface area contributed by atoms with E-state index in [1.165, 1.54) is 0 Å². The number of carbonyl (C=O) groups is 1. The molecule has 1 fully saturated rings. The van der Waals surface area contributed by atoms with Crippen molar-refractivity contribution in [2.45, 2.75) is 12.5 Å². The van der Waals surface area contributed by atoms with Crippen LogP contribution in [0.5, 0.6) is 0 Å². The highest BCUT2D eigenvalue weighted by Gasteiger charge is 2.25. The first-order valence-corrected chi connectivity index (χ1v) is 5.76. The summed E-state index contributed by atoms with van der Waals surface area (Å²) in [5.74, 6) is -2.76. The first-order valence-electron chi connectivity index (χ1n) is 5.76. The Labute approximate surface area is 112 Å². The van der Waals surface area contributed by atoms with Crippen molar-refractivity contribution in [3.63, 3.8) is 0 Å². The zero-order chi connectivity index (χ0) is 14.7. The molecule has 20 heavy (non-hydrogen) atoms. The van der Waals surface area contributed by atoms with Crippen LogP contribution in [0.15, 0.2) is 12.1 Å². The zero-order valence-electron chi connectivity index (χ0n) is 10.2. The summed E-state index contributed by atoms with van der Waals surface area (Å²) in [4.78, 5) is 21.4. The van der Waals surface area contributed by atoms with E-state index in [1.807, 2.05) is 5.32 Å². The Balaban J connectivity index is 2.16. The number of hydrogen-bond donors (Lipinski definition) is 2. The predicted molar refractivity (Wildman–Crippen MR) is 64.4 cm³/mol. The molecule has 108 valence electrons. The van der Waals surface area contributed by atoms with Gasteiger partial charge in [-0.15, -0.1) is 0 Å². The van der Waals surface area contributed by atoms with Gasteiger partial charge in [0, 0.05) is 12.7 Å². The van der Waals surface area contributed by atoms with Crippen LogP contribution in [-0.2, 0) is 4.74 Å². The van der Waals surface area contributed by atoms with Crippen LogP contribution in [0.2, 0.25) is 0 Å². The van der Waals surface area contributed by atoms with Gasteiger partial charge in [-0.2, -0.15) is 0 Å². The quantitative estimate of drug-likeness (QED) is 0.654. The van der Waals surface area contributed by atoms with Crippen LogP contribution in [0.3, 0.4) is 0 Å². The van der Waals surface area contributed by atoms with Crippen molar-refractivity contribution in [1.82, 2.24) is 5.32 Å². The monoisotopic (exact) mass is 287 g/mol. The van der Waals surface area contributed by atoms with Crippen LogP contribution in [0.1, 0.15) is 6.42 Å². The fraction of sp³-hybridized carbons (Fsp3) is 0.364. The van der Waals surface area contributed by atoms with E-state index in [2.05, 4.69) is 5.32 Å². The van der Waals surface area contributed by atoms with E-state index in [-0.39, 0.29) is 6.04 Å². The molecule has 2 amide bonds. The van der Waals surface area contributed by atoms with Gasteiger partial charge >= 0.3 is 6.03 Å². The lowest BCUT2D eigenvalue weighted by Gasteiger charge is -2.12. The molecule has 0 spiro atoms. The highest BCUT2D eigenvalue weighted by atomic mass is 19.2. The Morgan fingerprint density at radius 3 is 2.80 bits per heavy atom. The van der Waals surface area contributed by atoms with Crippen LogP contribution in [0.25, 0.3) is 0 Å². The number of amides is 2. The standard InChI is InChI=1S/C11H11F2N3O4/c12-7-1-2-8(16(18)19)10(9(7)13)15-11(17)14-6-3-4-20-5-6/h1-2,6H,3-5H2,(H2,14,15,17). The zero-order valence-corrected chi connectivity index (χ0v) is 10.2.